The third kappa shape index (κ3) is 5.20. The maximum Gasteiger partial charge on any atom is 0.417 e. The molecule has 0 atom stereocenters. The third-order valence-corrected chi connectivity index (χ3v) is 6.61. The monoisotopic (exact) mass is 475 g/mol. The van der Waals surface area contributed by atoms with Crippen LogP contribution in [0.1, 0.15) is 50.3 Å². The minimum absolute atomic E-state index is 0.102. The fraction of sp³-hybridized carbons (Fsp3) is 0.400. The molecule has 1 aliphatic rings. The predicted molar refractivity (Wildman–Crippen MR) is 124 cm³/mol. The summed E-state index contributed by atoms with van der Waals surface area (Å²) in [5, 5.41) is 10.7. The summed E-state index contributed by atoms with van der Waals surface area (Å²) in [5.41, 5.74) is -0.425. The Balaban J connectivity index is 1.89. The molecule has 1 fully saturated rings. The van der Waals surface area contributed by atoms with Gasteiger partial charge in [-0.05, 0) is 48.1 Å². The van der Waals surface area contributed by atoms with Crippen molar-refractivity contribution >= 4 is 22.9 Å². The van der Waals surface area contributed by atoms with Gasteiger partial charge in [0, 0.05) is 46.6 Å². The molecule has 1 heterocycles. The molecule has 33 heavy (non-hydrogen) atoms. The van der Waals surface area contributed by atoms with Gasteiger partial charge in [0.2, 0.25) is 0 Å². The minimum atomic E-state index is -4.72. The van der Waals surface area contributed by atoms with E-state index in [0.717, 1.165) is 11.6 Å². The molecule has 0 radical (unpaired) electrons. The van der Waals surface area contributed by atoms with E-state index in [1.807, 2.05) is 10.8 Å². The van der Waals surface area contributed by atoms with E-state index in [9.17, 15) is 18.4 Å². The molecular weight excluding hydrogens is 450 g/mol. The van der Waals surface area contributed by atoms with Gasteiger partial charge in [-0.3, -0.25) is 4.72 Å². The molecule has 0 unspecified atom stereocenters. The normalized spacial score (nSPS) is 14.6. The zero-order valence-electron chi connectivity index (χ0n) is 18.7. The van der Waals surface area contributed by atoms with Crippen molar-refractivity contribution in [2.75, 3.05) is 0 Å². The highest BCUT2D eigenvalue weighted by Gasteiger charge is 2.35. The number of nitrogens with zero attached hydrogens (tertiary/aromatic N) is 2. The van der Waals surface area contributed by atoms with Gasteiger partial charge in [0.25, 0.3) is 0 Å². The molecule has 174 valence electrons. The Morgan fingerprint density at radius 3 is 2.52 bits per heavy atom. The molecule has 0 bridgehead atoms. The highest BCUT2D eigenvalue weighted by molar-refractivity contribution is 7.98. The predicted octanol–water partition coefficient (Wildman–Crippen LogP) is 7.28. The summed E-state index contributed by atoms with van der Waals surface area (Å²) in [4.78, 5) is 0. The van der Waals surface area contributed by atoms with Crippen LogP contribution in [0.5, 0.6) is 0 Å². The highest BCUT2D eigenvalue weighted by Crippen LogP contribution is 2.41. The summed E-state index contributed by atoms with van der Waals surface area (Å²) in [6.45, 7) is 7.33. The average Bonchev–Trinajstić information content (AvgIpc) is 3.49. The van der Waals surface area contributed by atoms with Crippen LogP contribution in [0.2, 0.25) is 0 Å². The van der Waals surface area contributed by atoms with E-state index in [2.05, 4.69) is 25.5 Å². The molecule has 1 aromatic heterocycles. The standard InChI is InChI=1S/C25H25F4N3S/c1-24(2,3)14-32-13-16(12-31-33-17-7-8-17)18-9-21(26)19(10-22(18)32)23-15(11-30)5-4-6-20(23)25(27,28)29/h4-6,9-10,13,17,31H,7-8,12,14H2,1-3H3. The van der Waals surface area contributed by atoms with Gasteiger partial charge in [0.15, 0.2) is 0 Å². The number of alkyl halides is 3. The molecule has 0 saturated heterocycles. The summed E-state index contributed by atoms with van der Waals surface area (Å²) in [5.74, 6) is -0.777. The first-order valence-corrected chi connectivity index (χ1v) is 11.7. The Kier molecular flexibility index (Phi) is 6.23. The van der Waals surface area contributed by atoms with Crippen LogP contribution in [0.25, 0.3) is 22.0 Å². The second-order valence-electron chi connectivity index (χ2n) is 9.67. The largest absolute Gasteiger partial charge is 0.417 e. The molecule has 0 amide bonds. The van der Waals surface area contributed by atoms with Crippen molar-refractivity contribution < 1.29 is 17.6 Å². The molecule has 2 aromatic carbocycles. The van der Waals surface area contributed by atoms with Crippen LogP contribution in [-0.4, -0.2) is 9.82 Å². The topological polar surface area (TPSA) is 40.8 Å². The zero-order valence-corrected chi connectivity index (χ0v) is 19.5. The van der Waals surface area contributed by atoms with Crippen molar-refractivity contribution in [1.29, 1.82) is 5.26 Å². The number of hydrogen-bond acceptors (Lipinski definition) is 3. The van der Waals surface area contributed by atoms with Crippen LogP contribution in [0, 0.1) is 22.6 Å². The molecule has 3 nitrogen and oxygen atoms in total. The van der Waals surface area contributed by atoms with E-state index < -0.39 is 23.1 Å². The molecule has 1 N–H and O–H groups in total. The van der Waals surface area contributed by atoms with Gasteiger partial charge in [0.1, 0.15) is 5.82 Å². The van der Waals surface area contributed by atoms with Crippen molar-refractivity contribution in [2.24, 2.45) is 5.41 Å². The molecule has 4 rings (SSSR count). The van der Waals surface area contributed by atoms with Crippen LogP contribution >= 0.6 is 11.9 Å². The zero-order chi connectivity index (χ0) is 24.0. The molecule has 0 spiro atoms. The van der Waals surface area contributed by atoms with Crippen LogP contribution in [-0.2, 0) is 19.3 Å². The van der Waals surface area contributed by atoms with E-state index in [4.69, 9.17) is 0 Å². The van der Waals surface area contributed by atoms with Gasteiger partial charge in [-0.25, -0.2) is 4.39 Å². The van der Waals surface area contributed by atoms with Gasteiger partial charge < -0.3 is 4.57 Å². The molecule has 8 heteroatoms. The SMILES string of the molecule is CC(C)(C)Cn1cc(CNSC2CC2)c2cc(F)c(-c3c(C#N)cccc3C(F)(F)F)cc21. The summed E-state index contributed by atoms with van der Waals surface area (Å²) in [6, 6.07) is 7.90. The number of hydrogen-bond donors (Lipinski definition) is 1. The lowest BCUT2D eigenvalue weighted by Crippen LogP contribution is -2.15. The van der Waals surface area contributed by atoms with Crippen LogP contribution < -0.4 is 4.72 Å². The first kappa shape index (κ1) is 23.7. The van der Waals surface area contributed by atoms with Crippen LogP contribution in [0.15, 0.2) is 36.5 Å². The Morgan fingerprint density at radius 2 is 1.91 bits per heavy atom. The minimum Gasteiger partial charge on any atom is -0.347 e. The fourth-order valence-electron chi connectivity index (χ4n) is 3.95. The lowest BCUT2D eigenvalue weighted by molar-refractivity contribution is -0.137. The van der Waals surface area contributed by atoms with Gasteiger partial charge in [0.05, 0.1) is 17.2 Å². The number of nitrogens with one attached hydrogen (secondary N) is 1. The first-order chi connectivity index (χ1) is 15.5. The second-order valence-corrected chi connectivity index (χ2v) is 10.9. The van der Waals surface area contributed by atoms with Crippen molar-refractivity contribution in [3.05, 3.63) is 59.0 Å². The van der Waals surface area contributed by atoms with Crippen molar-refractivity contribution in [1.82, 2.24) is 9.29 Å². The van der Waals surface area contributed by atoms with Gasteiger partial charge in [-0.15, -0.1) is 0 Å². The molecule has 0 aliphatic heterocycles. The Hall–Kier alpha value is -2.50. The van der Waals surface area contributed by atoms with Crippen LogP contribution in [0.3, 0.4) is 0 Å². The first-order valence-electron chi connectivity index (χ1n) is 10.8. The van der Waals surface area contributed by atoms with Gasteiger partial charge in [-0.2, -0.15) is 18.4 Å². The number of benzene rings is 2. The quantitative estimate of drug-likeness (QED) is 0.301. The smallest absolute Gasteiger partial charge is 0.347 e. The molecule has 1 aliphatic carbocycles. The number of fused-ring (bicyclic) bond motifs is 1. The molecular formula is C25H25F4N3S. The van der Waals surface area contributed by atoms with Crippen molar-refractivity contribution in [2.45, 2.75) is 58.1 Å². The number of nitriles is 1. The highest BCUT2D eigenvalue weighted by atomic mass is 32.2. The van der Waals surface area contributed by atoms with E-state index in [1.165, 1.54) is 37.1 Å². The van der Waals surface area contributed by atoms with E-state index in [1.54, 1.807) is 18.0 Å². The summed E-state index contributed by atoms with van der Waals surface area (Å²) in [6.07, 6.45) is -0.408. The fourth-order valence-corrected chi connectivity index (χ4v) is 4.80. The Labute approximate surface area is 194 Å². The number of rotatable bonds is 6. The Morgan fingerprint density at radius 1 is 1.18 bits per heavy atom. The molecule has 1 saturated carbocycles. The summed E-state index contributed by atoms with van der Waals surface area (Å²) in [7, 11) is 0. The van der Waals surface area contributed by atoms with Gasteiger partial charge in [-0.1, -0.05) is 38.8 Å². The molecule has 3 aromatic rings. The number of halogens is 4. The van der Waals surface area contributed by atoms with Gasteiger partial charge >= 0.3 is 6.18 Å². The number of aromatic nitrogens is 1. The maximum atomic E-state index is 15.4. The third-order valence-electron chi connectivity index (χ3n) is 5.49. The summed E-state index contributed by atoms with van der Waals surface area (Å²) < 4.78 is 62.0. The van der Waals surface area contributed by atoms with E-state index in [-0.39, 0.29) is 16.5 Å². The lowest BCUT2D eigenvalue weighted by atomic mass is 9.93. The van der Waals surface area contributed by atoms with Crippen molar-refractivity contribution in [3.8, 4) is 17.2 Å². The Bertz CT molecular complexity index is 1230. The lowest BCUT2D eigenvalue weighted by Gasteiger charge is -2.20. The maximum absolute atomic E-state index is 15.4. The van der Waals surface area contributed by atoms with E-state index in [0.29, 0.717) is 29.2 Å². The summed E-state index contributed by atoms with van der Waals surface area (Å²) >= 11 is 1.67. The second kappa shape index (κ2) is 8.69. The van der Waals surface area contributed by atoms with Crippen LogP contribution in [0.4, 0.5) is 17.6 Å². The van der Waals surface area contributed by atoms with Crippen molar-refractivity contribution in [3.63, 3.8) is 0 Å². The average molecular weight is 476 g/mol. The van der Waals surface area contributed by atoms with E-state index >= 15 is 4.39 Å².